The molecule has 0 unspecified atom stereocenters. The third-order valence-corrected chi connectivity index (χ3v) is 4.13. The standard InChI is InChI=1S/C17H14F3N3O2S/c1-9(2)15-23-12-8-10(5-6-13(12)25-15)22-14(24)11-4-3-7-21-16(11)26-17(18,19)20/h3-9H,1-2H3,(H,22,24). The Hall–Kier alpha value is -2.55. The van der Waals surface area contributed by atoms with Crippen molar-refractivity contribution in [3.8, 4) is 0 Å². The van der Waals surface area contributed by atoms with Crippen molar-refractivity contribution in [3.05, 3.63) is 48.0 Å². The van der Waals surface area contributed by atoms with Gasteiger partial charge in [0.15, 0.2) is 11.5 Å². The van der Waals surface area contributed by atoms with Crippen LogP contribution < -0.4 is 5.32 Å². The molecule has 0 fully saturated rings. The fraction of sp³-hybridized carbons (Fsp3) is 0.235. The van der Waals surface area contributed by atoms with Gasteiger partial charge in [-0.2, -0.15) is 13.2 Å². The third-order valence-electron chi connectivity index (χ3n) is 3.38. The second-order valence-electron chi connectivity index (χ2n) is 5.75. The number of thioether (sulfide) groups is 1. The zero-order chi connectivity index (χ0) is 18.9. The Morgan fingerprint density at radius 1 is 1.27 bits per heavy atom. The topological polar surface area (TPSA) is 68.0 Å². The highest BCUT2D eigenvalue weighted by molar-refractivity contribution is 8.00. The zero-order valence-electron chi connectivity index (χ0n) is 13.8. The van der Waals surface area contributed by atoms with E-state index in [9.17, 15) is 18.0 Å². The summed E-state index contributed by atoms with van der Waals surface area (Å²) in [7, 11) is 0. The Balaban J connectivity index is 1.85. The maximum absolute atomic E-state index is 12.6. The lowest BCUT2D eigenvalue weighted by Crippen LogP contribution is -2.14. The largest absolute Gasteiger partial charge is 0.447 e. The van der Waals surface area contributed by atoms with Gasteiger partial charge < -0.3 is 9.73 Å². The number of pyridine rings is 1. The number of carbonyl (C=O) groups excluding carboxylic acids is 1. The quantitative estimate of drug-likeness (QED) is 0.628. The van der Waals surface area contributed by atoms with Crippen molar-refractivity contribution in [1.29, 1.82) is 0 Å². The van der Waals surface area contributed by atoms with Gasteiger partial charge in [-0.1, -0.05) is 13.8 Å². The van der Waals surface area contributed by atoms with Crippen molar-refractivity contribution >= 4 is 34.5 Å². The van der Waals surface area contributed by atoms with Gasteiger partial charge >= 0.3 is 5.51 Å². The predicted molar refractivity (Wildman–Crippen MR) is 92.2 cm³/mol. The molecule has 0 aliphatic carbocycles. The number of halogens is 3. The van der Waals surface area contributed by atoms with Gasteiger partial charge in [-0.05, 0) is 30.3 Å². The number of benzene rings is 1. The van der Waals surface area contributed by atoms with Crippen LogP contribution in [-0.4, -0.2) is 21.4 Å². The first kappa shape index (κ1) is 18.2. The number of alkyl halides is 3. The molecule has 0 spiro atoms. The molecule has 9 heteroatoms. The van der Waals surface area contributed by atoms with Gasteiger partial charge in [0.2, 0.25) is 0 Å². The van der Waals surface area contributed by atoms with E-state index in [1.54, 1.807) is 18.2 Å². The second kappa shape index (κ2) is 6.99. The second-order valence-corrected chi connectivity index (χ2v) is 6.80. The first-order valence-electron chi connectivity index (χ1n) is 7.65. The fourth-order valence-corrected chi connectivity index (χ4v) is 2.83. The summed E-state index contributed by atoms with van der Waals surface area (Å²) in [6, 6.07) is 7.56. The van der Waals surface area contributed by atoms with E-state index in [4.69, 9.17) is 4.42 Å². The Labute approximate surface area is 151 Å². The molecule has 0 radical (unpaired) electrons. The minimum Gasteiger partial charge on any atom is -0.440 e. The molecule has 2 aromatic heterocycles. The summed E-state index contributed by atoms with van der Waals surface area (Å²) < 4.78 is 43.5. The van der Waals surface area contributed by atoms with E-state index < -0.39 is 28.2 Å². The Bertz CT molecular complexity index is 954. The number of hydrogen-bond donors (Lipinski definition) is 1. The molecule has 0 saturated carbocycles. The van der Waals surface area contributed by atoms with Crippen LogP contribution in [0.1, 0.15) is 36.0 Å². The summed E-state index contributed by atoms with van der Waals surface area (Å²) in [6.45, 7) is 3.88. The van der Waals surface area contributed by atoms with E-state index >= 15 is 0 Å². The average molecular weight is 381 g/mol. The summed E-state index contributed by atoms with van der Waals surface area (Å²) in [6.07, 6.45) is 1.21. The van der Waals surface area contributed by atoms with Crippen LogP contribution in [-0.2, 0) is 0 Å². The van der Waals surface area contributed by atoms with Crippen LogP contribution in [0.3, 0.4) is 0 Å². The number of rotatable bonds is 4. The summed E-state index contributed by atoms with van der Waals surface area (Å²) in [4.78, 5) is 20.4. The fourth-order valence-electron chi connectivity index (χ4n) is 2.22. The summed E-state index contributed by atoms with van der Waals surface area (Å²) in [5.41, 5.74) is -3.16. The van der Waals surface area contributed by atoms with Crippen molar-refractivity contribution in [1.82, 2.24) is 9.97 Å². The van der Waals surface area contributed by atoms with Gasteiger partial charge in [-0.25, -0.2) is 9.97 Å². The first-order chi connectivity index (χ1) is 12.2. The van der Waals surface area contributed by atoms with Gasteiger partial charge in [-0.3, -0.25) is 4.79 Å². The Kier molecular flexibility index (Phi) is 4.90. The van der Waals surface area contributed by atoms with Gasteiger partial charge in [0.05, 0.1) is 5.56 Å². The maximum Gasteiger partial charge on any atom is 0.447 e. The molecule has 26 heavy (non-hydrogen) atoms. The number of carbonyl (C=O) groups is 1. The molecule has 2 heterocycles. The summed E-state index contributed by atoms with van der Waals surface area (Å²) in [5, 5.41) is 2.17. The van der Waals surface area contributed by atoms with Crippen LogP contribution in [0.2, 0.25) is 0 Å². The normalized spacial score (nSPS) is 11.9. The molecule has 0 aliphatic rings. The lowest BCUT2D eigenvalue weighted by Gasteiger charge is -2.10. The predicted octanol–water partition coefficient (Wildman–Crippen LogP) is 5.21. The zero-order valence-corrected chi connectivity index (χ0v) is 14.6. The molecule has 1 aromatic carbocycles. The molecular formula is C17H14F3N3O2S. The van der Waals surface area contributed by atoms with E-state index in [0.29, 0.717) is 22.7 Å². The van der Waals surface area contributed by atoms with Crippen LogP contribution in [0.5, 0.6) is 0 Å². The molecule has 0 aliphatic heterocycles. The van der Waals surface area contributed by atoms with E-state index in [0.717, 1.165) is 0 Å². The lowest BCUT2D eigenvalue weighted by atomic mass is 10.2. The molecule has 0 bridgehead atoms. The SMILES string of the molecule is CC(C)c1nc2cc(NC(=O)c3cccnc3SC(F)(F)F)ccc2o1. The van der Waals surface area contributed by atoms with E-state index in [1.165, 1.54) is 18.3 Å². The number of fused-ring (bicyclic) bond motifs is 1. The van der Waals surface area contributed by atoms with Gasteiger partial charge in [0, 0.05) is 29.6 Å². The van der Waals surface area contributed by atoms with Crippen molar-refractivity contribution < 1.29 is 22.4 Å². The summed E-state index contributed by atoms with van der Waals surface area (Å²) in [5.74, 6) is -0.00540. The number of hydrogen-bond acceptors (Lipinski definition) is 5. The molecule has 5 nitrogen and oxygen atoms in total. The number of anilines is 1. The highest BCUT2D eigenvalue weighted by atomic mass is 32.2. The van der Waals surface area contributed by atoms with Crippen LogP contribution in [0.25, 0.3) is 11.1 Å². The van der Waals surface area contributed by atoms with Gasteiger partial charge in [-0.15, -0.1) is 0 Å². The minimum absolute atomic E-state index is 0.109. The molecule has 0 saturated heterocycles. The van der Waals surface area contributed by atoms with E-state index in [1.807, 2.05) is 13.8 Å². The molecular weight excluding hydrogens is 367 g/mol. The molecule has 0 atom stereocenters. The number of nitrogens with zero attached hydrogens (tertiary/aromatic N) is 2. The number of amides is 1. The number of oxazole rings is 1. The van der Waals surface area contributed by atoms with Crippen LogP contribution in [0.15, 0.2) is 46.0 Å². The van der Waals surface area contributed by atoms with E-state index in [-0.39, 0.29) is 11.5 Å². The van der Waals surface area contributed by atoms with Crippen molar-refractivity contribution in [2.24, 2.45) is 0 Å². The minimum atomic E-state index is -4.53. The molecule has 1 amide bonds. The molecule has 3 aromatic rings. The number of aromatic nitrogens is 2. The van der Waals surface area contributed by atoms with Crippen molar-refractivity contribution in [2.75, 3.05) is 5.32 Å². The van der Waals surface area contributed by atoms with Gasteiger partial charge in [0.25, 0.3) is 5.91 Å². The molecule has 3 rings (SSSR count). The Morgan fingerprint density at radius 3 is 2.73 bits per heavy atom. The monoisotopic (exact) mass is 381 g/mol. The van der Waals surface area contributed by atoms with Crippen LogP contribution >= 0.6 is 11.8 Å². The molecule has 136 valence electrons. The summed E-state index contributed by atoms with van der Waals surface area (Å²) >= 11 is -0.424. The van der Waals surface area contributed by atoms with Gasteiger partial charge in [0.1, 0.15) is 10.5 Å². The highest BCUT2D eigenvalue weighted by Gasteiger charge is 2.32. The number of nitrogens with one attached hydrogen (secondary N) is 1. The average Bonchev–Trinajstić information content (AvgIpc) is 2.97. The molecule has 1 N–H and O–H groups in total. The third kappa shape index (κ3) is 4.16. The lowest BCUT2D eigenvalue weighted by molar-refractivity contribution is -0.0329. The van der Waals surface area contributed by atoms with E-state index in [2.05, 4.69) is 15.3 Å². The Morgan fingerprint density at radius 2 is 2.04 bits per heavy atom. The van der Waals surface area contributed by atoms with Crippen molar-refractivity contribution in [2.45, 2.75) is 30.3 Å². The van der Waals surface area contributed by atoms with Crippen LogP contribution in [0, 0.1) is 0 Å². The maximum atomic E-state index is 12.6. The first-order valence-corrected chi connectivity index (χ1v) is 8.47. The van der Waals surface area contributed by atoms with Crippen molar-refractivity contribution in [3.63, 3.8) is 0 Å². The highest BCUT2D eigenvalue weighted by Crippen LogP contribution is 2.37. The smallest absolute Gasteiger partial charge is 0.440 e. The van der Waals surface area contributed by atoms with Crippen LogP contribution in [0.4, 0.5) is 18.9 Å².